The Balaban J connectivity index is 1.60. The molecule has 2 aromatic rings. The van der Waals surface area contributed by atoms with Crippen molar-refractivity contribution in [1.82, 2.24) is 0 Å². The van der Waals surface area contributed by atoms with E-state index in [1.54, 1.807) is 36.4 Å². The Labute approximate surface area is 172 Å². The van der Waals surface area contributed by atoms with Crippen LogP contribution in [0.25, 0.3) is 0 Å². The van der Waals surface area contributed by atoms with Crippen LogP contribution in [0.5, 0.6) is 0 Å². The highest BCUT2D eigenvalue weighted by atomic mass is 35.5. The lowest BCUT2D eigenvalue weighted by Crippen LogP contribution is -2.59. The fraction of sp³-hybridized carbons (Fsp3) is 0.400. The molecule has 4 rings (SSSR count). The van der Waals surface area contributed by atoms with E-state index in [2.05, 4.69) is 0 Å². The van der Waals surface area contributed by atoms with Crippen molar-refractivity contribution in [1.29, 1.82) is 0 Å². The lowest BCUT2D eigenvalue weighted by Gasteiger charge is -2.48. The number of fused-ring (bicyclic) bond motifs is 1. The highest BCUT2D eigenvalue weighted by Crippen LogP contribution is 2.40. The van der Waals surface area contributed by atoms with Crippen molar-refractivity contribution in [2.24, 2.45) is 0 Å². The molecule has 2 saturated heterocycles. The second kappa shape index (κ2) is 8.65. The summed E-state index contributed by atoms with van der Waals surface area (Å²) >= 11 is 12.1. The molecule has 2 unspecified atom stereocenters. The molecular formula is C20H20Cl2O6. The van der Waals surface area contributed by atoms with Crippen molar-refractivity contribution >= 4 is 23.2 Å². The zero-order valence-corrected chi connectivity index (χ0v) is 16.3. The molecule has 28 heavy (non-hydrogen) atoms. The Morgan fingerprint density at radius 3 is 1.46 bits per heavy atom. The average Bonchev–Trinajstić information content (AvgIpc) is 2.72. The van der Waals surface area contributed by atoms with Crippen molar-refractivity contribution in [3.8, 4) is 0 Å². The van der Waals surface area contributed by atoms with Crippen molar-refractivity contribution < 1.29 is 29.2 Å². The predicted octanol–water partition coefficient (Wildman–Crippen LogP) is 3.24. The molecule has 2 aromatic carbocycles. The van der Waals surface area contributed by atoms with Crippen molar-refractivity contribution in [2.75, 3.05) is 13.2 Å². The highest BCUT2D eigenvalue weighted by Gasteiger charge is 2.49. The van der Waals surface area contributed by atoms with Gasteiger partial charge in [0.25, 0.3) is 0 Å². The third-order valence-electron chi connectivity index (χ3n) is 4.82. The number of aliphatic hydroxyl groups is 2. The van der Waals surface area contributed by atoms with Crippen LogP contribution in [-0.4, -0.2) is 47.8 Å². The Morgan fingerprint density at radius 1 is 0.679 bits per heavy atom. The normalized spacial score (nSPS) is 32.7. The smallest absolute Gasteiger partial charge is 0.185 e. The molecule has 0 saturated carbocycles. The first-order valence-electron chi connectivity index (χ1n) is 8.93. The maximum atomic E-state index is 9.90. The second-order valence-corrected chi connectivity index (χ2v) is 7.56. The fourth-order valence-electron chi connectivity index (χ4n) is 3.49. The lowest BCUT2D eigenvalue weighted by molar-refractivity contribution is -0.387. The summed E-state index contributed by atoms with van der Waals surface area (Å²) in [5.74, 6) is 0. The largest absolute Gasteiger partial charge is 0.394 e. The van der Waals surface area contributed by atoms with E-state index in [1.807, 2.05) is 12.1 Å². The van der Waals surface area contributed by atoms with E-state index in [0.29, 0.717) is 21.2 Å². The van der Waals surface area contributed by atoms with Crippen molar-refractivity contribution in [2.45, 2.75) is 37.0 Å². The lowest BCUT2D eigenvalue weighted by atomic mass is 9.99. The Hall–Kier alpha value is -1.22. The van der Waals surface area contributed by atoms with Gasteiger partial charge < -0.3 is 29.2 Å². The molecule has 6 atom stereocenters. The number of rotatable bonds is 4. The SMILES string of the molecule is OC[C@@H]1OC(c2cccc(Cl)c2)O[C@H]2[C@@H]1OC(c1cccc(Cl)c1)O[C@@H]2CO. The van der Waals surface area contributed by atoms with E-state index in [0.717, 1.165) is 0 Å². The summed E-state index contributed by atoms with van der Waals surface area (Å²) in [5, 5.41) is 20.9. The molecular weight excluding hydrogens is 407 g/mol. The molecule has 6 nitrogen and oxygen atoms in total. The monoisotopic (exact) mass is 426 g/mol. The minimum Gasteiger partial charge on any atom is -0.394 e. The predicted molar refractivity (Wildman–Crippen MR) is 102 cm³/mol. The fourth-order valence-corrected chi connectivity index (χ4v) is 3.89. The van der Waals surface area contributed by atoms with Crippen LogP contribution < -0.4 is 0 Å². The van der Waals surface area contributed by atoms with E-state index in [-0.39, 0.29) is 13.2 Å². The molecule has 150 valence electrons. The highest BCUT2D eigenvalue weighted by molar-refractivity contribution is 6.30. The summed E-state index contributed by atoms with van der Waals surface area (Å²) in [6.45, 7) is -0.552. The number of hydrogen-bond acceptors (Lipinski definition) is 6. The van der Waals surface area contributed by atoms with Gasteiger partial charge in [-0.15, -0.1) is 0 Å². The van der Waals surface area contributed by atoms with Gasteiger partial charge in [-0.05, 0) is 24.3 Å². The number of aliphatic hydroxyl groups excluding tert-OH is 2. The maximum absolute atomic E-state index is 9.90. The quantitative estimate of drug-likeness (QED) is 0.781. The van der Waals surface area contributed by atoms with E-state index < -0.39 is 37.0 Å². The first kappa shape index (κ1) is 20.1. The van der Waals surface area contributed by atoms with Gasteiger partial charge in [-0.25, -0.2) is 0 Å². The molecule has 2 heterocycles. The van der Waals surface area contributed by atoms with Gasteiger partial charge >= 0.3 is 0 Å². The van der Waals surface area contributed by atoms with Gasteiger partial charge in [-0.1, -0.05) is 47.5 Å². The van der Waals surface area contributed by atoms with Gasteiger partial charge in [0.05, 0.1) is 13.2 Å². The zero-order chi connectivity index (χ0) is 19.7. The van der Waals surface area contributed by atoms with Crippen LogP contribution in [0.3, 0.4) is 0 Å². The standard InChI is InChI=1S/C20H20Cl2O6/c21-13-5-1-3-11(7-13)19-25-15(9-23)18-17(27-19)16(10-24)26-20(28-18)12-4-2-6-14(22)8-12/h1-8,15-20,23-24H,9-10H2/t15-,16+,17-,18-,19?,20?/m1/s1. The number of ether oxygens (including phenoxy) is 4. The minimum absolute atomic E-state index is 0.276. The first-order chi connectivity index (χ1) is 13.6. The molecule has 2 N–H and O–H groups in total. The molecule has 0 aromatic heterocycles. The molecule has 0 amide bonds. The third kappa shape index (κ3) is 4.06. The van der Waals surface area contributed by atoms with Gasteiger partial charge in [-0.3, -0.25) is 0 Å². The zero-order valence-electron chi connectivity index (χ0n) is 14.8. The Morgan fingerprint density at radius 2 is 1.11 bits per heavy atom. The summed E-state index contributed by atoms with van der Waals surface area (Å²) in [4.78, 5) is 0. The molecule has 0 aliphatic carbocycles. The van der Waals surface area contributed by atoms with Crippen LogP contribution in [0.4, 0.5) is 0 Å². The molecule has 2 aliphatic heterocycles. The van der Waals surface area contributed by atoms with Gasteiger partial charge in [0.2, 0.25) is 0 Å². The van der Waals surface area contributed by atoms with E-state index in [9.17, 15) is 10.2 Å². The van der Waals surface area contributed by atoms with E-state index >= 15 is 0 Å². The van der Waals surface area contributed by atoms with Crippen LogP contribution in [0, 0.1) is 0 Å². The summed E-state index contributed by atoms with van der Waals surface area (Å²) in [5.41, 5.74) is 1.41. The maximum Gasteiger partial charge on any atom is 0.185 e. The topological polar surface area (TPSA) is 77.4 Å². The number of hydrogen-bond donors (Lipinski definition) is 2. The molecule has 8 heteroatoms. The van der Waals surface area contributed by atoms with Gasteiger partial charge in [0, 0.05) is 21.2 Å². The molecule has 2 aliphatic rings. The van der Waals surface area contributed by atoms with E-state index in [4.69, 9.17) is 42.1 Å². The summed E-state index contributed by atoms with van der Waals surface area (Å²) < 4.78 is 23.9. The molecule has 0 radical (unpaired) electrons. The van der Waals surface area contributed by atoms with E-state index in [1.165, 1.54) is 0 Å². The van der Waals surface area contributed by atoms with Crippen molar-refractivity contribution in [3.05, 3.63) is 69.7 Å². The van der Waals surface area contributed by atoms with Crippen LogP contribution in [0.15, 0.2) is 48.5 Å². The number of benzene rings is 2. The Kier molecular flexibility index (Phi) is 6.20. The van der Waals surface area contributed by atoms with Crippen molar-refractivity contribution in [3.63, 3.8) is 0 Å². The molecule has 2 fully saturated rings. The minimum atomic E-state index is -0.763. The second-order valence-electron chi connectivity index (χ2n) is 6.69. The van der Waals surface area contributed by atoms with Crippen LogP contribution in [0.2, 0.25) is 10.0 Å². The Bertz CT molecular complexity index is 751. The third-order valence-corrected chi connectivity index (χ3v) is 5.29. The summed E-state index contributed by atoms with van der Waals surface area (Å²) in [7, 11) is 0. The average molecular weight is 427 g/mol. The van der Waals surface area contributed by atoms with Crippen LogP contribution in [0.1, 0.15) is 23.7 Å². The summed E-state index contributed by atoms with van der Waals surface area (Å²) in [6, 6.07) is 14.2. The first-order valence-corrected chi connectivity index (χ1v) is 9.69. The van der Waals surface area contributed by atoms with Crippen LogP contribution >= 0.6 is 23.2 Å². The molecule has 0 bridgehead atoms. The molecule has 0 spiro atoms. The van der Waals surface area contributed by atoms with Gasteiger partial charge in [0.1, 0.15) is 24.4 Å². The summed E-state index contributed by atoms with van der Waals surface area (Å²) in [6.07, 6.45) is -4.11. The van der Waals surface area contributed by atoms with Gasteiger partial charge in [0.15, 0.2) is 12.6 Å². The number of halogens is 2. The van der Waals surface area contributed by atoms with Gasteiger partial charge in [-0.2, -0.15) is 0 Å². The van der Waals surface area contributed by atoms with Crippen LogP contribution in [-0.2, 0) is 18.9 Å².